The third-order valence-electron chi connectivity index (χ3n) is 6.93. The number of likely N-dealkylation sites (N-methyl/N-ethyl adjacent to an activating group) is 1. The Morgan fingerprint density at radius 2 is 1.84 bits per heavy atom. The van der Waals surface area contributed by atoms with Crippen LogP contribution in [0.4, 0.5) is 11.4 Å². The zero-order chi connectivity index (χ0) is 30.6. The lowest BCUT2D eigenvalue weighted by atomic mass is 10.1. The van der Waals surface area contributed by atoms with Crippen molar-refractivity contribution in [2.24, 2.45) is 4.99 Å². The molecule has 1 aliphatic heterocycles. The summed E-state index contributed by atoms with van der Waals surface area (Å²) < 4.78 is 7.65. The summed E-state index contributed by atoms with van der Waals surface area (Å²) in [7, 11) is 5.60. The van der Waals surface area contributed by atoms with Crippen molar-refractivity contribution < 1.29 is 19.5 Å². The fourth-order valence-corrected chi connectivity index (χ4v) is 4.83. The Labute approximate surface area is 253 Å². The maximum atomic E-state index is 13.7. The molecule has 2 amide bonds. The van der Waals surface area contributed by atoms with Gasteiger partial charge in [0.2, 0.25) is 0 Å². The van der Waals surface area contributed by atoms with Gasteiger partial charge in [0.15, 0.2) is 6.61 Å². The van der Waals surface area contributed by atoms with Crippen LogP contribution in [0.2, 0.25) is 5.02 Å². The first-order valence-corrected chi connectivity index (χ1v) is 13.7. The smallest absolute Gasteiger partial charge is 0.308 e. The van der Waals surface area contributed by atoms with E-state index in [1.165, 1.54) is 11.2 Å². The molecule has 2 heterocycles. The molecular formula is C30H31ClN8O4. The standard InChI is InChI=1S/C30H31ClN8O4/c1-36(2)24-12-13-27-26(17-24)32-20-38(27)39(23-10-8-22(31)9-11-23)28(40)19-43-25-7-4-6-21(16-25)18-37(3)30(29(41)35-42)33-14-5-15-34-30/h4-17,20,33,42H,18-19H2,1-3H3,(H,35,41). The minimum Gasteiger partial charge on any atom is -0.484 e. The van der Waals surface area contributed by atoms with Gasteiger partial charge in [-0.05, 0) is 73.3 Å². The van der Waals surface area contributed by atoms with Gasteiger partial charge in [-0.3, -0.25) is 19.7 Å². The molecule has 0 saturated heterocycles. The summed E-state index contributed by atoms with van der Waals surface area (Å²) in [4.78, 5) is 38.6. The van der Waals surface area contributed by atoms with E-state index in [2.05, 4.69) is 15.3 Å². The minimum absolute atomic E-state index is 0.267. The number of hydrogen-bond acceptors (Lipinski definition) is 9. The van der Waals surface area contributed by atoms with Crippen LogP contribution < -0.4 is 25.4 Å². The monoisotopic (exact) mass is 602 g/mol. The molecule has 0 fully saturated rings. The zero-order valence-corrected chi connectivity index (χ0v) is 24.6. The molecular weight excluding hydrogens is 572 g/mol. The van der Waals surface area contributed by atoms with Crippen LogP contribution in [0, 0.1) is 0 Å². The van der Waals surface area contributed by atoms with E-state index in [1.807, 2.05) is 43.3 Å². The molecule has 4 aromatic rings. The molecule has 12 nitrogen and oxygen atoms in total. The molecule has 1 atom stereocenters. The van der Waals surface area contributed by atoms with Crippen molar-refractivity contribution in [2.45, 2.75) is 12.3 Å². The van der Waals surface area contributed by atoms with Crippen molar-refractivity contribution in [3.8, 4) is 5.75 Å². The largest absolute Gasteiger partial charge is 0.484 e. The number of carbonyl (C=O) groups is 2. The third-order valence-corrected chi connectivity index (χ3v) is 7.18. The van der Waals surface area contributed by atoms with E-state index in [0.717, 1.165) is 22.3 Å². The molecule has 3 N–H and O–H groups in total. The summed E-state index contributed by atoms with van der Waals surface area (Å²) in [5.41, 5.74) is 5.51. The highest BCUT2D eigenvalue weighted by molar-refractivity contribution is 6.30. The average Bonchev–Trinajstić information content (AvgIpc) is 3.44. The molecule has 0 radical (unpaired) electrons. The highest BCUT2D eigenvalue weighted by Crippen LogP contribution is 2.26. The van der Waals surface area contributed by atoms with Gasteiger partial charge in [0.25, 0.3) is 11.7 Å². The molecule has 43 heavy (non-hydrogen) atoms. The molecule has 1 aromatic heterocycles. The lowest BCUT2D eigenvalue weighted by Crippen LogP contribution is -2.63. The number of hydroxylamine groups is 1. The number of imidazole rings is 1. The van der Waals surface area contributed by atoms with Gasteiger partial charge in [-0.15, -0.1) is 0 Å². The number of nitrogens with zero attached hydrogens (tertiary/aromatic N) is 6. The summed E-state index contributed by atoms with van der Waals surface area (Å²) in [6.07, 6.45) is 6.29. The Morgan fingerprint density at radius 3 is 2.53 bits per heavy atom. The number of ether oxygens (including phenoxy) is 1. The summed E-state index contributed by atoms with van der Waals surface area (Å²) in [6, 6.07) is 19.9. The Balaban J connectivity index is 1.36. The van der Waals surface area contributed by atoms with Crippen molar-refractivity contribution in [2.75, 3.05) is 37.7 Å². The number of anilines is 2. The fraction of sp³-hybridized carbons (Fsp3) is 0.200. The topological polar surface area (TPSA) is 128 Å². The Kier molecular flexibility index (Phi) is 8.62. The molecule has 1 unspecified atom stereocenters. The number of aliphatic imine (C=N–C) groups is 1. The first kappa shape index (κ1) is 29.6. The number of halogens is 1. The normalized spacial score (nSPS) is 15.8. The van der Waals surface area contributed by atoms with Gasteiger partial charge in [-0.25, -0.2) is 25.1 Å². The number of allylic oxidation sites excluding steroid dienone is 1. The molecule has 222 valence electrons. The van der Waals surface area contributed by atoms with Crippen LogP contribution >= 0.6 is 11.6 Å². The number of amides is 2. The van der Waals surface area contributed by atoms with Crippen LogP contribution in [0.15, 0.2) is 90.3 Å². The molecule has 0 saturated carbocycles. The Bertz CT molecular complexity index is 1690. The fourth-order valence-electron chi connectivity index (χ4n) is 4.70. The lowest BCUT2D eigenvalue weighted by molar-refractivity contribution is -0.143. The molecule has 3 aromatic carbocycles. The van der Waals surface area contributed by atoms with E-state index in [-0.39, 0.29) is 19.1 Å². The number of hydrogen-bond donors (Lipinski definition) is 3. The van der Waals surface area contributed by atoms with Crippen molar-refractivity contribution in [1.29, 1.82) is 0 Å². The lowest BCUT2D eigenvalue weighted by Gasteiger charge is -2.37. The number of fused-ring (bicyclic) bond motifs is 1. The van der Waals surface area contributed by atoms with E-state index in [1.54, 1.807) is 83.2 Å². The minimum atomic E-state index is -1.53. The first-order valence-electron chi connectivity index (χ1n) is 13.3. The van der Waals surface area contributed by atoms with Gasteiger partial charge >= 0.3 is 5.91 Å². The highest BCUT2D eigenvalue weighted by Gasteiger charge is 2.42. The molecule has 0 aliphatic carbocycles. The van der Waals surface area contributed by atoms with E-state index >= 15 is 0 Å². The van der Waals surface area contributed by atoms with Crippen LogP contribution in [-0.4, -0.2) is 71.3 Å². The second kappa shape index (κ2) is 12.5. The SMILES string of the molecule is CN(C)c1ccc2c(c1)ncn2N(C(=O)COc1cccc(CN(C)C2(C(=O)NO)N=CC=CN2)c1)c1ccc(Cl)cc1. The second-order valence-electron chi connectivity index (χ2n) is 10.0. The van der Waals surface area contributed by atoms with Gasteiger partial charge in [0, 0.05) is 43.8 Å². The number of benzene rings is 3. The maximum Gasteiger partial charge on any atom is 0.308 e. The summed E-state index contributed by atoms with van der Waals surface area (Å²) >= 11 is 6.13. The van der Waals surface area contributed by atoms with Gasteiger partial charge < -0.3 is 15.0 Å². The van der Waals surface area contributed by atoms with Crippen LogP contribution in [-0.2, 0) is 16.1 Å². The number of aromatic nitrogens is 2. The van der Waals surface area contributed by atoms with E-state index in [9.17, 15) is 14.8 Å². The zero-order valence-electron chi connectivity index (χ0n) is 23.8. The Morgan fingerprint density at radius 1 is 1.07 bits per heavy atom. The predicted molar refractivity (Wildman–Crippen MR) is 165 cm³/mol. The summed E-state index contributed by atoms with van der Waals surface area (Å²) in [5.74, 6) is -2.15. The molecule has 0 bridgehead atoms. The van der Waals surface area contributed by atoms with Crippen LogP contribution in [0.3, 0.4) is 0 Å². The van der Waals surface area contributed by atoms with Gasteiger partial charge in [-0.1, -0.05) is 23.7 Å². The van der Waals surface area contributed by atoms with Crippen molar-refractivity contribution >= 4 is 52.0 Å². The van der Waals surface area contributed by atoms with Crippen LogP contribution in [0.1, 0.15) is 5.56 Å². The number of rotatable bonds is 10. The molecule has 13 heteroatoms. The third kappa shape index (κ3) is 6.16. The molecule has 1 aliphatic rings. The molecule has 5 rings (SSSR count). The van der Waals surface area contributed by atoms with E-state index in [0.29, 0.717) is 16.5 Å². The van der Waals surface area contributed by atoms with Gasteiger partial charge in [0.05, 0.1) is 16.7 Å². The van der Waals surface area contributed by atoms with Crippen molar-refractivity contribution in [1.82, 2.24) is 25.4 Å². The summed E-state index contributed by atoms with van der Waals surface area (Å²) in [6.45, 7) is -0.00547. The molecule has 0 spiro atoms. The van der Waals surface area contributed by atoms with E-state index in [4.69, 9.17) is 16.3 Å². The summed E-state index contributed by atoms with van der Waals surface area (Å²) in [5, 5.41) is 14.2. The van der Waals surface area contributed by atoms with Gasteiger partial charge in [-0.2, -0.15) is 0 Å². The second-order valence-corrected chi connectivity index (χ2v) is 10.5. The van der Waals surface area contributed by atoms with E-state index < -0.39 is 11.7 Å². The quantitative estimate of drug-likeness (QED) is 0.186. The highest BCUT2D eigenvalue weighted by atomic mass is 35.5. The van der Waals surface area contributed by atoms with Crippen molar-refractivity contribution in [3.05, 3.63) is 95.9 Å². The maximum absolute atomic E-state index is 13.7. The first-order chi connectivity index (χ1) is 20.7. The van der Waals surface area contributed by atoms with Crippen molar-refractivity contribution in [3.63, 3.8) is 0 Å². The number of nitrogens with one attached hydrogen (secondary N) is 2. The van der Waals surface area contributed by atoms with Crippen LogP contribution in [0.25, 0.3) is 11.0 Å². The number of carbonyl (C=O) groups excluding carboxylic acids is 2. The predicted octanol–water partition coefficient (Wildman–Crippen LogP) is 3.41. The van der Waals surface area contributed by atoms with Crippen LogP contribution in [0.5, 0.6) is 5.75 Å². The Hall–Kier alpha value is -4.91. The van der Waals surface area contributed by atoms with Gasteiger partial charge in [0.1, 0.15) is 12.1 Å². The average molecular weight is 603 g/mol.